The molecule has 1 saturated heterocycles. The Labute approximate surface area is 112 Å². The van der Waals surface area contributed by atoms with Crippen LogP contribution in [0.4, 0.5) is 5.82 Å². The number of aryl methyl sites for hydroxylation is 1. The summed E-state index contributed by atoms with van der Waals surface area (Å²) in [6, 6.07) is 0. The second-order valence-electron chi connectivity index (χ2n) is 5.04. The molecular weight excluding hydrogens is 254 g/mol. The van der Waals surface area contributed by atoms with Gasteiger partial charge in [-0.05, 0) is 27.7 Å². The number of hydrogen-bond acceptors (Lipinski definition) is 4. The molecule has 0 spiro atoms. The number of halogens is 1. The van der Waals surface area contributed by atoms with Crippen molar-refractivity contribution in [3.05, 3.63) is 16.5 Å². The summed E-state index contributed by atoms with van der Waals surface area (Å²) in [6.07, 6.45) is 0. The quantitative estimate of drug-likeness (QED) is 0.734. The van der Waals surface area contributed by atoms with E-state index in [1.807, 2.05) is 25.6 Å². The lowest BCUT2D eigenvalue weighted by Crippen LogP contribution is -2.44. The van der Waals surface area contributed by atoms with E-state index in [1.165, 1.54) is 0 Å². The van der Waals surface area contributed by atoms with Crippen LogP contribution in [-0.2, 0) is 0 Å². The average Bonchev–Trinajstić information content (AvgIpc) is 2.22. The first kappa shape index (κ1) is 13.0. The third-order valence-corrected chi connectivity index (χ3v) is 4.56. The molecular formula is C12H18ClN3S. The van der Waals surface area contributed by atoms with Gasteiger partial charge in [-0.2, -0.15) is 11.8 Å². The van der Waals surface area contributed by atoms with Crippen molar-refractivity contribution in [2.45, 2.75) is 32.4 Å². The molecule has 0 N–H and O–H groups in total. The minimum absolute atomic E-state index is 0.274. The fraction of sp³-hybridized carbons (Fsp3) is 0.667. The van der Waals surface area contributed by atoms with Crippen molar-refractivity contribution in [3.8, 4) is 0 Å². The van der Waals surface area contributed by atoms with Crippen molar-refractivity contribution < 1.29 is 0 Å². The van der Waals surface area contributed by atoms with E-state index in [-0.39, 0.29) is 4.75 Å². The van der Waals surface area contributed by atoms with Crippen LogP contribution >= 0.6 is 23.4 Å². The zero-order valence-corrected chi connectivity index (χ0v) is 12.3. The standard InChI is InChI=1S/C12H18ClN3S/c1-8-10(13)14-9(2)15-11(8)16-5-6-17-12(3,4)7-16/h5-7H2,1-4H3. The van der Waals surface area contributed by atoms with Gasteiger partial charge in [-0.25, -0.2) is 9.97 Å². The highest BCUT2D eigenvalue weighted by atomic mass is 35.5. The summed E-state index contributed by atoms with van der Waals surface area (Å²) in [5.74, 6) is 2.87. The van der Waals surface area contributed by atoms with E-state index >= 15 is 0 Å². The van der Waals surface area contributed by atoms with Crippen LogP contribution < -0.4 is 4.90 Å². The van der Waals surface area contributed by atoms with Gasteiger partial charge in [0.1, 0.15) is 16.8 Å². The summed E-state index contributed by atoms with van der Waals surface area (Å²) in [5, 5.41) is 0.573. The van der Waals surface area contributed by atoms with Gasteiger partial charge < -0.3 is 4.90 Å². The van der Waals surface area contributed by atoms with Crippen LogP contribution in [0.1, 0.15) is 25.2 Å². The molecule has 94 valence electrons. The van der Waals surface area contributed by atoms with Crippen LogP contribution in [0, 0.1) is 13.8 Å². The predicted molar refractivity (Wildman–Crippen MR) is 75.3 cm³/mol. The topological polar surface area (TPSA) is 29.0 Å². The highest BCUT2D eigenvalue weighted by Gasteiger charge is 2.29. The maximum absolute atomic E-state index is 6.13. The molecule has 0 atom stereocenters. The minimum atomic E-state index is 0.274. The third kappa shape index (κ3) is 2.86. The Balaban J connectivity index is 2.34. The molecule has 0 bridgehead atoms. The molecule has 3 nitrogen and oxygen atoms in total. The molecule has 0 unspecified atom stereocenters. The van der Waals surface area contributed by atoms with Crippen molar-refractivity contribution >= 4 is 29.2 Å². The van der Waals surface area contributed by atoms with E-state index in [0.717, 1.165) is 36.0 Å². The molecule has 1 fully saturated rings. The molecule has 0 amide bonds. The van der Waals surface area contributed by atoms with Crippen molar-refractivity contribution in [1.29, 1.82) is 0 Å². The van der Waals surface area contributed by atoms with Crippen LogP contribution in [-0.4, -0.2) is 33.6 Å². The number of rotatable bonds is 1. The summed E-state index contributed by atoms with van der Waals surface area (Å²) < 4.78 is 0.274. The van der Waals surface area contributed by atoms with E-state index in [2.05, 4.69) is 28.7 Å². The summed E-state index contributed by atoms with van der Waals surface area (Å²) in [4.78, 5) is 11.1. The number of aromatic nitrogens is 2. The Kier molecular flexibility index (Phi) is 3.55. The predicted octanol–water partition coefficient (Wildman–Crippen LogP) is 3.08. The normalized spacial score (nSPS) is 19.5. The Bertz CT molecular complexity index is 434. The second-order valence-corrected chi connectivity index (χ2v) is 7.20. The molecule has 0 aliphatic carbocycles. The van der Waals surface area contributed by atoms with Gasteiger partial charge in [-0.15, -0.1) is 0 Å². The first-order valence-corrected chi connectivity index (χ1v) is 7.15. The van der Waals surface area contributed by atoms with E-state index in [4.69, 9.17) is 11.6 Å². The van der Waals surface area contributed by atoms with Gasteiger partial charge in [0.2, 0.25) is 0 Å². The maximum Gasteiger partial charge on any atom is 0.137 e. The summed E-state index contributed by atoms with van der Waals surface area (Å²) >= 11 is 8.14. The number of thioether (sulfide) groups is 1. The molecule has 0 radical (unpaired) electrons. The molecule has 17 heavy (non-hydrogen) atoms. The molecule has 5 heteroatoms. The maximum atomic E-state index is 6.13. The SMILES string of the molecule is Cc1nc(Cl)c(C)c(N2CCSC(C)(C)C2)n1. The van der Waals surface area contributed by atoms with Crippen LogP contribution in [0.2, 0.25) is 5.15 Å². The Morgan fingerprint density at radius 2 is 2.00 bits per heavy atom. The van der Waals surface area contributed by atoms with Gasteiger partial charge in [0, 0.05) is 29.2 Å². The van der Waals surface area contributed by atoms with Crippen molar-refractivity contribution in [2.75, 3.05) is 23.7 Å². The van der Waals surface area contributed by atoms with Gasteiger partial charge in [0.15, 0.2) is 0 Å². The largest absolute Gasteiger partial charge is 0.354 e. The van der Waals surface area contributed by atoms with Crippen LogP contribution in [0.5, 0.6) is 0 Å². The molecule has 1 aromatic heterocycles. The van der Waals surface area contributed by atoms with Crippen molar-refractivity contribution in [2.24, 2.45) is 0 Å². The van der Waals surface area contributed by atoms with Gasteiger partial charge in [0.05, 0.1) is 0 Å². The van der Waals surface area contributed by atoms with E-state index in [1.54, 1.807) is 0 Å². The molecule has 2 heterocycles. The number of hydrogen-bond donors (Lipinski definition) is 0. The fourth-order valence-corrected chi connectivity index (χ4v) is 3.40. The van der Waals surface area contributed by atoms with Crippen LogP contribution in [0.3, 0.4) is 0 Å². The van der Waals surface area contributed by atoms with E-state index < -0.39 is 0 Å². The monoisotopic (exact) mass is 271 g/mol. The fourth-order valence-electron chi connectivity index (χ4n) is 2.09. The zero-order chi connectivity index (χ0) is 12.6. The lowest BCUT2D eigenvalue weighted by atomic mass is 10.1. The minimum Gasteiger partial charge on any atom is -0.354 e. The van der Waals surface area contributed by atoms with E-state index in [0.29, 0.717) is 5.15 Å². The second kappa shape index (κ2) is 4.65. The highest BCUT2D eigenvalue weighted by Crippen LogP contribution is 2.33. The summed E-state index contributed by atoms with van der Waals surface area (Å²) in [7, 11) is 0. The lowest BCUT2D eigenvalue weighted by Gasteiger charge is -2.38. The van der Waals surface area contributed by atoms with Gasteiger partial charge in [0.25, 0.3) is 0 Å². The number of anilines is 1. The Morgan fingerprint density at radius 3 is 2.65 bits per heavy atom. The van der Waals surface area contributed by atoms with Gasteiger partial charge in [-0.1, -0.05) is 11.6 Å². The van der Waals surface area contributed by atoms with Gasteiger partial charge in [-0.3, -0.25) is 0 Å². The molecule has 0 aromatic carbocycles. The Hall–Kier alpha value is -0.480. The molecule has 2 rings (SSSR count). The lowest BCUT2D eigenvalue weighted by molar-refractivity contribution is 0.639. The first-order valence-electron chi connectivity index (χ1n) is 5.79. The van der Waals surface area contributed by atoms with Crippen LogP contribution in [0.25, 0.3) is 0 Å². The molecule has 1 aromatic rings. The summed E-state index contributed by atoms with van der Waals surface area (Å²) in [5.41, 5.74) is 0.986. The van der Waals surface area contributed by atoms with Gasteiger partial charge >= 0.3 is 0 Å². The summed E-state index contributed by atoms with van der Waals surface area (Å²) in [6.45, 7) is 10.5. The Morgan fingerprint density at radius 1 is 1.29 bits per heavy atom. The average molecular weight is 272 g/mol. The smallest absolute Gasteiger partial charge is 0.137 e. The van der Waals surface area contributed by atoms with Crippen LogP contribution in [0.15, 0.2) is 0 Å². The van der Waals surface area contributed by atoms with Crippen molar-refractivity contribution in [1.82, 2.24) is 9.97 Å². The number of nitrogens with zero attached hydrogens (tertiary/aromatic N) is 3. The van der Waals surface area contributed by atoms with Crippen molar-refractivity contribution in [3.63, 3.8) is 0 Å². The van der Waals surface area contributed by atoms with E-state index in [9.17, 15) is 0 Å². The third-order valence-electron chi connectivity index (χ3n) is 2.90. The molecule has 1 aliphatic rings. The first-order chi connectivity index (χ1) is 7.89. The highest BCUT2D eigenvalue weighted by molar-refractivity contribution is 8.00. The zero-order valence-electron chi connectivity index (χ0n) is 10.7. The molecule has 0 saturated carbocycles. The molecule has 1 aliphatic heterocycles.